The van der Waals surface area contributed by atoms with Crippen LogP contribution in [0.2, 0.25) is 0 Å². The third-order valence-electron chi connectivity index (χ3n) is 3.18. The van der Waals surface area contributed by atoms with Crippen molar-refractivity contribution in [2.24, 2.45) is 11.7 Å². The highest BCUT2D eigenvalue weighted by atomic mass is 15.2. The second-order valence-corrected chi connectivity index (χ2v) is 5.48. The third-order valence-corrected chi connectivity index (χ3v) is 3.18. The molecule has 1 fully saturated rings. The molecule has 0 aromatic carbocycles. The van der Waals surface area contributed by atoms with Crippen LogP contribution in [-0.2, 0) is 6.54 Å². The van der Waals surface area contributed by atoms with Crippen molar-refractivity contribution >= 4 is 5.84 Å². The maximum atomic E-state index is 7.58. The molecule has 0 aliphatic heterocycles. The molecule has 3 N–H and O–H groups in total. The van der Waals surface area contributed by atoms with Crippen molar-refractivity contribution in [1.82, 2.24) is 9.88 Å². The van der Waals surface area contributed by atoms with Gasteiger partial charge >= 0.3 is 0 Å². The fourth-order valence-electron chi connectivity index (χ4n) is 2.28. The SMILES string of the molecule is CC(C)CN(Cc1cccnc1C(=N)N)C1CC1. The first-order chi connectivity index (χ1) is 8.58. The van der Waals surface area contributed by atoms with Crippen molar-refractivity contribution in [2.45, 2.75) is 39.3 Å². The summed E-state index contributed by atoms with van der Waals surface area (Å²) in [5.41, 5.74) is 7.28. The van der Waals surface area contributed by atoms with Crippen LogP contribution in [-0.4, -0.2) is 28.3 Å². The van der Waals surface area contributed by atoms with E-state index in [1.54, 1.807) is 6.20 Å². The molecule has 1 aliphatic carbocycles. The van der Waals surface area contributed by atoms with Gasteiger partial charge in [-0.25, -0.2) is 0 Å². The Hall–Kier alpha value is -1.42. The van der Waals surface area contributed by atoms with Crippen LogP contribution in [0.5, 0.6) is 0 Å². The van der Waals surface area contributed by atoms with Gasteiger partial charge in [-0.15, -0.1) is 0 Å². The van der Waals surface area contributed by atoms with E-state index in [1.165, 1.54) is 12.8 Å². The number of pyridine rings is 1. The molecule has 1 aromatic heterocycles. The van der Waals surface area contributed by atoms with E-state index in [4.69, 9.17) is 11.1 Å². The summed E-state index contributed by atoms with van der Waals surface area (Å²) in [4.78, 5) is 6.71. The van der Waals surface area contributed by atoms with Gasteiger partial charge in [0.05, 0.1) is 0 Å². The number of rotatable bonds is 6. The fraction of sp³-hybridized carbons (Fsp3) is 0.571. The highest BCUT2D eigenvalue weighted by Gasteiger charge is 2.29. The molecule has 1 saturated carbocycles. The van der Waals surface area contributed by atoms with E-state index in [9.17, 15) is 0 Å². The summed E-state index contributed by atoms with van der Waals surface area (Å²) < 4.78 is 0. The predicted molar refractivity (Wildman–Crippen MR) is 73.5 cm³/mol. The molecule has 1 heterocycles. The predicted octanol–water partition coefficient (Wildman–Crippen LogP) is 1.99. The molecule has 0 amide bonds. The number of aromatic nitrogens is 1. The van der Waals surface area contributed by atoms with Crippen molar-refractivity contribution in [3.63, 3.8) is 0 Å². The van der Waals surface area contributed by atoms with Crippen LogP contribution in [0.1, 0.15) is 37.9 Å². The summed E-state index contributed by atoms with van der Waals surface area (Å²) in [7, 11) is 0. The zero-order valence-corrected chi connectivity index (χ0v) is 11.2. The first-order valence-corrected chi connectivity index (χ1v) is 6.60. The van der Waals surface area contributed by atoms with Gasteiger partial charge in [0.1, 0.15) is 11.5 Å². The van der Waals surface area contributed by atoms with E-state index >= 15 is 0 Å². The molecule has 0 unspecified atom stereocenters. The average molecular weight is 246 g/mol. The summed E-state index contributed by atoms with van der Waals surface area (Å²) in [5, 5.41) is 7.58. The zero-order valence-electron chi connectivity index (χ0n) is 11.2. The molecule has 18 heavy (non-hydrogen) atoms. The number of amidine groups is 1. The van der Waals surface area contributed by atoms with Crippen LogP contribution >= 0.6 is 0 Å². The van der Waals surface area contributed by atoms with E-state index in [1.807, 2.05) is 12.1 Å². The number of hydrogen-bond donors (Lipinski definition) is 2. The Morgan fingerprint density at radius 1 is 1.56 bits per heavy atom. The molecule has 0 radical (unpaired) electrons. The Bertz CT molecular complexity index is 424. The number of nitrogen functional groups attached to an aromatic ring is 1. The standard InChI is InChI=1S/C14H22N4/c1-10(2)8-18(12-5-6-12)9-11-4-3-7-17-13(11)14(15)16/h3-4,7,10,12H,5-6,8-9H2,1-2H3,(H3,15,16). The van der Waals surface area contributed by atoms with Gasteiger partial charge in [-0.05, 0) is 30.4 Å². The summed E-state index contributed by atoms with van der Waals surface area (Å²) in [6.45, 7) is 6.43. The molecular formula is C14H22N4. The second kappa shape index (κ2) is 5.48. The van der Waals surface area contributed by atoms with Crippen molar-refractivity contribution < 1.29 is 0 Å². The van der Waals surface area contributed by atoms with Crippen LogP contribution in [0.3, 0.4) is 0 Å². The third kappa shape index (κ3) is 3.29. The van der Waals surface area contributed by atoms with Crippen LogP contribution in [0.15, 0.2) is 18.3 Å². The van der Waals surface area contributed by atoms with Crippen molar-refractivity contribution in [2.75, 3.05) is 6.54 Å². The van der Waals surface area contributed by atoms with Gasteiger partial charge in [-0.2, -0.15) is 0 Å². The fourth-order valence-corrected chi connectivity index (χ4v) is 2.28. The van der Waals surface area contributed by atoms with Crippen LogP contribution < -0.4 is 5.73 Å². The van der Waals surface area contributed by atoms with Gasteiger partial charge in [0.25, 0.3) is 0 Å². The molecule has 1 aromatic rings. The lowest BCUT2D eigenvalue weighted by Gasteiger charge is -2.24. The Balaban J connectivity index is 2.13. The van der Waals surface area contributed by atoms with E-state index < -0.39 is 0 Å². The largest absolute Gasteiger partial charge is 0.382 e. The topological polar surface area (TPSA) is 66.0 Å². The van der Waals surface area contributed by atoms with E-state index in [0.717, 1.165) is 18.7 Å². The van der Waals surface area contributed by atoms with Gasteiger partial charge in [0.15, 0.2) is 0 Å². The molecule has 4 nitrogen and oxygen atoms in total. The van der Waals surface area contributed by atoms with Crippen molar-refractivity contribution in [1.29, 1.82) is 5.41 Å². The maximum Gasteiger partial charge on any atom is 0.142 e. The van der Waals surface area contributed by atoms with Crippen LogP contribution in [0.4, 0.5) is 0 Å². The van der Waals surface area contributed by atoms with E-state index in [0.29, 0.717) is 17.7 Å². The van der Waals surface area contributed by atoms with Crippen LogP contribution in [0.25, 0.3) is 0 Å². The first kappa shape index (κ1) is 13.0. The minimum atomic E-state index is 0.0610. The van der Waals surface area contributed by atoms with E-state index in [-0.39, 0.29) is 5.84 Å². The van der Waals surface area contributed by atoms with E-state index in [2.05, 4.69) is 23.7 Å². The lowest BCUT2D eigenvalue weighted by atomic mass is 10.1. The first-order valence-electron chi connectivity index (χ1n) is 6.60. The maximum absolute atomic E-state index is 7.58. The zero-order chi connectivity index (χ0) is 13.1. The summed E-state index contributed by atoms with van der Waals surface area (Å²) >= 11 is 0. The monoisotopic (exact) mass is 246 g/mol. The molecule has 1 aliphatic rings. The summed E-state index contributed by atoms with van der Waals surface area (Å²) in [6.07, 6.45) is 4.29. The van der Waals surface area contributed by atoms with Crippen molar-refractivity contribution in [3.05, 3.63) is 29.6 Å². The molecule has 4 heteroatoms. The van der Waals surface area contributed by atoms with Gasteiger partial charge in [-0.1, -0.05) is 19.9 Å². The number of nitrogens with one attached hydrogen (secondary N) is 1. The lowest BCUT2D eigenvalue weighted by molar-refractivity contribution is 0.225. The lowest BCUT2D eigenvalue weighted by Crippen LogP contribution is -2.30. The number of nitrogens with two attached hydrogens (primary N) is 1. The highest BCUT2D eigenvalue weighted by Crippen LogP contribution is 2.29. The molecule has 0 spiro atoms. The molecule has 0 saturated heterocycles. The average Bonchev–Trinajstić information content (AvgIpc) is 3.11. The number of hydrogen-bond acceptors (Lipinski definition) is 3. The Labute approximate surface area is 109 Å². The molecule has 0 atom stereocenters. The molecule has 2 rings (SSSR count). The minimum Gasteiger partial charge on any atom is -0.382 e. The van der Waals surface area contributed by atoms with Crippen molar-refractivity contribution in [3.8, 4) is 0 Å². The van der Waals surface area contributed by atoms with Crippen LogP contribution in [0, 0.1) is 11.3 Å². The molecule has 98 valence electrons. The van der Waals surface area contributed by atoms with Gasteiger partial charge in [0.2, 0.25) is 0 Å². The van der Waals surface area contributed by atoms with Gasteiger partial charge in [0, 0.05) is 25.3 Å². The smallest absolute Gasteiger partial charge is 0.142 e. The quantitative estimate of drug-likeness (QED) is 0.596. The van der Waals surface area contributed by atoms with Gasteiger partial charge < -0.3 is 5.73 Å². The number of nitrogens with zero attached hydrogens (tertiary/aromatic N) is 2. The Morgan fingerprint density at radius 2 is 2.28 bits per heavy atom. The second-order valence-electron chi connectivity index (χ2n) is 5.48. The molecular weight excluding hydrogens is 224 g/mol. The molecule has 0 bridgehead atoms. The minimum absolute atomic E-state index is 0.0610. The normalized spacial score (nSPS) is 15.3. The summed E-state index contributed by atoms with van der Waals surface area (Å²) in [6, 6.07) is 4.66. The summed E-state index contributed by atoms with van der Waals surface area (Å²) in [5.74, 6) is 0.717. The Morgan fingerprint density at radius 3 is 2.83 bits per heavy atom. The Kier molecular flexibility index (Phi) is 3.97. The van der Waals surface area contributed by atoms with Gasteiger partial charge in [-0.3, -0.25) is 15.3 Å². The highest BCUT2D eigenvalue weighted by molar-refractivity contribution is 5.94.